The van der Waals surface area contributed by atoms with Crippen molar-refractivity contribution in [1.82, 2.24) is 19.7 Å². The van der Waals surface area contributed by atoms with Gasteiger partial charge in [0.05, 0.1) is 11.2 Å². The molecule has 122 valence electrons. The minimum Gasteiger partial charge on any atom is -0.381 e. The lowest BCUT2D eigenvalue weighted by molar-refractivity contribution is 0.0836. The summed E-state index contributed by atoms with van der Waals surface area (Å²) in [5, 5.41) is 6.06. The SMILES string of the molecule is c1cnc2c(-n3nc(C4CCOCC4)nc3C3CC3)cccc2c1. The molecule has 5 rings (SSSR count). The highest BCUT2D eigenvalue weighted by Crippen LogP contribution is 2.41. The Balaban J connectivity index is 1.65. The highest BCUT2D eigenvalue weighted by molar-refractivity contribution is 5.86. The van der Waals surface area contributed by atoms with Crippen molar-refractivity contribution < 1.29 is 4.74 Å². The van der Waals surface area contributed by atoms with Gasteiger partial charge in [0.1, 0.15) is 5.82 Å². The molecule has 1 aromatic carbocycles. The number of hydrogen-bond donors (Lipinski definition) is 0. The highest BCUT2D eigenvalue weighted by atomic mass is 16.5. The Morgan fingerprint density at radius 3 is 2.62 bits per heavy atom. The largest absolute Gasteiger partial charge is 0.381 e. The Hall–Kier alpha value is -2.27. The fraction of sp³-hybridized carbons (Fsp3) is 0.421. The lowest BCUT2D eigenvalue weighted by Crippen LogP contribution is -2.15. The fourth-order valence-corrected chi connectivity index (χ4v) is 3.51. The predicted molar refractivity (Wildman–Crippen MR) is 91.4 cm³/mol. The van der Waals surface area contributed by atoms with E-state index >= 15 is 0 Å². The van der Waals surface area contributed by atoms with Gasteiger partial charge < -0.3 is 4.74 Å². The van der Waals surface area contributed by atoms with Crippen LogP contribution in [0.2, 0.25) is 0 Å². The quantitative estimate of drug-likeness (QED) is 0.740. The molecule has 1 aliphatic heterocycles. The lowest BCUT2D eigenvalue weighted by atomic mass is 10.00. The Morgan fingerprint density at radius 1 is 0.958 bits per heavy atom. The highest BCUT2D eigenvalue weighted by Gasteiger charge is 2.32. The zero-order chi connectivity index (χ0) is 15.9. The summed E-state index contributed by atoms with van der Waals surface area (Å²) >= 11 is 0. The average Bonchev–Trinajstić information content (AvgIpc) is 3.40. The van der Waals surface area contributed by atoms with Gasteiger partial charge in [-0.3, -0.25) is 4.98 Å². The van der Waals surface area contributed by atoms with Crippen molar-refractivity contribution in [3.63, 3.8) is 0 Å². The molecule has 0 unspecified atom stereocenters. The number of para-hydroxylation sites is 1. The first kappa shape index (κ1) is 14.1. The monoisotopic (exact) mass is 320 g/mol. The van der Waals surface area contributed by atoms with Crippen LogP contribution >= 0.6 is 0 Å². The molecule has 1 saturated heterocycles. The molecule has 2 aromatic heterocycles. The third-order valence-electron chi connectivity index (χ3n) is 5.02. The summed E-state index contributed by atoms with van der Waals surface area (Å²) in [4.78, 5) is 9.54. The Bertz CT molecular complexity index is 873. The minimum atomic E-state index is 0.417. The molecule has 5 heteroatoms. The normalized spacial score (nSPS) is 19.0. The number of nitrogens with zero attached hydrogens (tertiary/aromatic N) is 4. The summed E-state index contributed by atoms with van der Waals surface area (Å²) in [5.74, 6) is 3.05. The van der Waals surface area contributed by atoms with E-state index in [-0.39, 0.29) is 0 Å². The number of ether oxygens (including phenoxy) is 1. The second kappa shape index (κ2) is 5.67. The standard InChI is InChI=1S/C19H20N4O/c1-3-13-4-2-10-20-17(13)16(5-1)23-19(15-6-7-15)21-18(22-23)14-8-11-24-12-9-14/h1-5,10,14-15H,6-9,11-12H2. The van der Waals surface area contributed by atoms with Crippen molar-refractivity contribution in [1.29, 1.82) is 0 Å². The van der Waals surface area contributed by atoms with E-state index in [1.807, 2.05) is 12.3 Å². The summed E-state index contributed by atoms with van der Waals surface area (Å²) < 4.78 is 7.54. The van der Waals surface area contributed by atoms with Gasteiger partial charge in [-0.15, -0.1) is 0 Å². The van der Waals surface area contributed by atoms with Crippen LogP contribution in [0.3, 0.4) is 0 Å². The van der Waals surface area contributed by atoms with Gasteiger partial charge in [-0.25, -0.2) is 9.67 Å². The maximum atomic E-state index is 5.49. The van der Waals surface area contributed by atoms with E-state index in [9.17, 15) is 0 Å². The summed E-state index contributed by atoms with van der Waals surface area (Å²) in [6, 6.07) is 10.3. The van der Waals surface area contributed by atoms with Crippen LogP contribution in [0.5, 0.6) is 0 Å². The molecule has 2 fully saturated rings. The minimum absolute atomic E-state index is 0.417. The van der Waals surface area contributed by atoms with Crippen molar-refractivity contribution in [2.45, 2.75) is 37.5 Å². The topological polar surface area (TPSA) is 52.8 Å². The molecule has 0 atom stereocenters. The number of hydrogen-bond acceptors (Lipinski definition) is 4. The fourth-order valence-electron chi connectivity index (χ4n) is 3.51. The van der Waals surface area contributed by atoms with E-state index in [4.69, 9.17) is 14.8 Å². The van der Waals surface area contributed by atoms with E-state index in [1.54, 1.807) is 0 Å². The second-order valence-corrected chi connectivity index (χ2v) is 6.75. The number of aromatic nitrogens is 4. The molecule has 0 spiro atoms. The smallest absolute Gasteiger partial charge is 0.154 e. The van der Waals surface area contributed by atoms with Gasteiger partial charge in [0.2, 0.25) is 0 Å². The average molecular weight is 320 g/mol. The third-order valence-corrected chi connectivity index (χ3v) is 5.02. The van der Waals surface area contributed by atoms with E-state index < -0.39 is 0 Å². The molecule has 3 aromatic rings. The maximum absolute atomic E-state index is 5.49. The van der Waals surface area contributed by atoms with E-state index in [1.165, 1.54) is 12.8 Å². The van der Waals surface area contributed by atoms with Crippen molar-refractivity contribution in [2.24, 2.45) is 0 Å². The van der Waals surface area contributed by atoms with Crippen molar-refractivity contribution in [3.05, 3.63) is 48.2 Å². The molecule has 1 aliphatic carbocycles. The molecule has 2 aliphatic rings. The molecular formula is C19H20N4O. The molecular weight excluding hydrogens is 300 g/mol. The van der Waals surface area contributed by atoms with E-state index in [2.05, 4.69) is 33.9 Å². The summed E-state index contributed by atoms with van der Waals surface area (Å²) in [6.45, 7) is 1.63. The van der Waals surface area contributed by atoms with Gasteiger partial charge in [0, 0.05) is 36.6 Å². The number of fused-ring (bicyclic) bond motifs is 1. The van der Waals surface area contributed by atoms with Crippen LogP contribution in [0.25, 0.3) is 16.6 Å². The number of pyridine rings is 1. The first-order valence-electron chi connectivity index (χ1n) is 8.79. The van der Waals surface area contributed by atoms with Gasteiger partial charge >= 0.3 is 0 Å². The molecule has 1 saturated carbocycles. The zero-order valence-electron chi connectivity index (χ0n) is 13.6. The van der Waals surface area contributed by atoms with Crippen LogP contribution in [0.4, 0.5) is 0 Å². The van der Waals surface area contributed by atoms with Crippen molar-refractivity contribution in [2.75, 3.05) is 13.2 Å². The molecule has 5 nitrogen and oxygen atoms in total. The molecule has 0 bridgehead atoms. The summed E-state index contributed by atoms with van der Waals surface area (Å²) in [6.07, 6.45) is 6.30. The molecule has 3 heterocycles. The van der Waals surface area contributed by atoms with Gasteiger partial charge in [0.25, 0.3) is 0 Å². The molecule has 0 amide bonds. The summed E-state index contributed by atoms with van der Waals surface area (Å²) in [7, 11) is 0. The molecule has 0 radical (unpaired) electrons. The third kappa shape index (κ3) is 2.40. The van der Waals surface area contributed by atoms with Crippen LogP contribution in [0.15, 0.2) is 36.5 Å². The van der Waals surface area contributed by atoms with Crippen LogP contribution in [0, 0.1) is 0 Å². The van der Waals surface area contributed by atoms with Gasteiger partial charge in [-0.05, 0) is 37.8 Å². The summed E-state index contributed by atoms with van der Waals surface area (Å²) in [5.41, 5.74) is 2.03. The predicted octanol–water partition coefficient (Wildman–Crippen LogP) is 3.59. The molecule has 24 heavy (non-hydrogen) atoms. The van der Waals surface area contributed by atoms with E-state index in [0.29, 0.717) is 11.8 Å². The van der Waals surface area contributed by atoms with Crippen LogP contribution in [0.1, 0.15) is 49.2 Å². The zero-order valence-corrected chi connectivity index (χ0v) is 13.6. The first-order chi connectivity index (χ1) is 11.9. The Labute approximate surface area is 140 Å². The number of rotatable bonds is 3. The van der Waals surface area contributed by atoms with Gasteiger partial charge in [-0.2, -0.15) is 5.10 Å². The second-order valence-electron chi connectivity index (χ2n) is 6.75. The van der Waals surface area contributed by atoms with Crippen LogP contribution in [-0.2, 0) is 4.74 Å². The Kier molecular flexibility index (Phi) is 3.33. The van der Waals surface area contributed by atoms with Crippen molar-refractivity contribution in [3.8, 4) is 5.69 Å². The molecule has 0 N–H and O–H groups in total. The lowest BCUT2D eigenvalue weighted by Gasteiger charge is -2.18. The van der Waals surface area contributed by atoms with Crippen LogP contribution in [-0.4, -0.2) is 33.0 Å². The van der Waals surface area contributed by atoms with Gasteiger partial charge in [-0.1, -0.05) is 18.2 Å². The number of benzene rings is 1. The van der Waals surface area contributed by atoms with Crippen LogP contribution < -0.4 is 0 Å². The van der Waals surface area contributed by atoms with E-state index in [0.717, 1.165) is 54.3 Å². The van der Waals surface area contributed by atoms with Crippen molar-refractivity contribution >= 4 is 10.9 Å². The maximum Gasteiger partial charge on any atom is 0.154 e. The van der Waals surface area contributed by atoms with Gasteiger partial charge in [0.15, 0.2) is 5.82 Å². The first-order valence-corrected chi connectivity index (χ1v) is 8.79. The Morgan fingerprint density at radius 2 is 1.79 bits per heavy atom.